The summed E-state index contributed by atoms with van der Waals surface area (Å²) in [4.78, 5) is 0. The predicted octanol–water partition coefficient (Wildman–Crippen LogP) is -2.80. The van der Waals surface area contributed by atoms with Gasteiger partial charge in [-0.05, 0) is 0 Å². The van der Waals surface area contributed by atoms with Crippen molar-refractivity contribution in [2.24, 2.45) is 0 Å². The van der Waals surface area contributed by atoms with Gasteiger partial charge >= 0.3 is 99.7 Å². The van der Waals surface area contributed by atoms with Crippen molar-refractivity contribution in [2.45, 2.75) is 0 Å². The van der Waals surface area contributed by atoms with Crippen LogP contribution in [0.3, 0.4) is 0 Å². The van der Waals surface area contributed by atoms with Crippen molar-refractivity contribution in [2.75, 3.05) is 0 Å². The van der Waals surface area contributed by atoms with Crippen LogP contribution in [0.15, 0.2) is 42.5 Å². The molecule has 0 amide bonds. The van der Waals surface area contributed by atoms with E-state index in [-0.39, 0.29) is 24.8 Å². The molecule has 0 fully saturated rings. The molecule has 0 bridgehead atoms. The minimum absolute atomic E-state index is 0. The monoisotopic (exact) mass is 343 g/mol. The minimum atomic E-state index is 0. The molecular weight excluding hydrogens is 337 g/mol. The van der Waals surface area contributed by atoms with Crippen LogP contribution in [0.1, 0.15) is 0 Å². The zero-order valence-corrected chi connectivity index (χ0v) is 13.3. The summed E-state index contributed by atoms with van der Waals surface area (Å²) in [5.74, 6) is 0. The molecule has 0 spiro atoms. The zero-order valence-electron chi connectivity index (χ0n) is 8.30. The van der Waals surface area contributed by atoms with Crippen LogP contribution in [-0.4, -0.2) is 0 Å². The molecule has 4 heteroatoms. The number of rotatable bonds is 0. The number of halogens is 2. The maximum atomic E-state index is 2.25. The molecule has 2 aromatic carbocycles. The number of benzene rings is 2. The first-order valence-electron chi connectivity index (χ1n) is 4.57. The Morgan fingerprint density at radius 3 is 2.31 bits per heavy atom. The first-order chi connectivity index (χ1) is 6.86. The normalized spacial score (nSPS) is 10.4. The molecule has 1 aromatic heterocycles. The van der Waals surface area contributed by atoms with E-state index >= 15 is 0 Å². The van der Waals surface area contributed by atoms with Crippen molar-refractivity contribution < 1.29 is 49.5 Å². The molecule has 79 valence electrons. The molecule has 3 aromatic rings. The van der Waals surface area contributed by atoms with Crippen LogP contribution in [0, 0.1) is 0 Å². The van der Waals surface area contributed by atoms with Crippen molar-refractivity contribution >= 4 is 32.5 Å². The van der Waals surface area contributed by atoms with E-state index in [0.717, 1.165) is 8.19 Å². The zero-order chi connectivity index (χ0) is 9.54. The van der Waals surface area contributed by atoms with Crippen LogP contribution >= 0.6 is 8.19 Å². The van der Waals surface area contributed by atoms with Crippen molar-refractivity contribution in [3.8, 4) is 0 Å². The average Bonchev–Trinajstić information content (AvgIpc) is 2.59. The van der Waals surface area contributed by atoms with E-state index in [0.29, 0.717) is 0 Å². The van der Waals surface area contributed by atoms with Gasteiger partial charge in [-0.2, -0.15) is 0 Å². The van der Waals surface area contributed by atoms with Gasteiger partial charge in [0.25, 0.3) is 0 Å². The molecule has 1 heterocycles. The standard InChI is InChI=1S/C12H8P.2ClH.Zr/c1-3-7-11-9(5-1)10-6-2-4-8-12(10)13-11;;;/h1-7,13H;2*1H;/q;;;+2/p-2. The Kier molecular flexibility index (Phi) is 5.08. The van der Waals surface area contributed by atoms with E-state index in [2.05, 4.69) is 42.5 Å². The van der Waals surface area contributed by atoms with Gasteiger partial charge in [0.2, 0.25) is 0 Å². The van der Waals surface area contributed by atoms with E-state index in [1.165, 1.54) is 43.9 Å². The molecule has 0 aliphatic carbocycles. The van der Waals surface area contributed by atoms with Gasteiger partial charge in [0, 0.05) is 0 Å². The summed E-state index contributed by atoms with van der Waals surface area (Å²) in [6.07, 6.45) is 0. The summed E-state index contributed by atoms with van der Waals surface area (Å²) in [7, 11) is 0.872. The Morgan fingerprint density at radius 1 is 0.812 bits per heavy atom. The molecule has 16 heavy (non-hydrogen) atoms. The van der Waals surface area contributed by atoms with E-state index < -0.39 is 0 Å². The molecule has 0 aliphatic rings. The Bertz CT molecular complexity index is 619. The number of fused-ring (bicyclic) bond motifs is 3. The first-order valence-corrected chi connectivity index (χ1v) is 6.80. The van der Waals surface area contributed by atoms with Crippen LogP contribution in [0.25, 0.3) is 21.0 Å². The van der Waals surface area contributed by atoms with Crippen LogP contribution in [0.5, 0.6) is 0 Å². The van der Waals surface area contributed by atoms with Gasteiger partial charge in [0.05, 0.1) is 0 Å². The molecular formula is C12H8Cl2PZr. The Labute approximate surface area is 124 Å². The van der Waals surface area contributed by atoms with Crippen molar-refractivity contribution in [1.82, 2.24) is 0 Å². The van der Waals surface area contributed by atoms with Gasteiger partial charge in [-0.15, -0.1) is 0 Å². The predicted molar refractivity (Wildman–Crippen MR) is 60.6 cm³/mol. The first kappa shape index (κ1) is 14.3. The molecule has 1 atom stereocenters. The van der Waals surface area contributed by atoms with Gasteiger partial charge in [-0.1, -0.05) is 0 Å². The third-order valence-corrected chi connectivity index (χ3v) is 5.67. The maximum absolute atomic E-state index is 2.25. The van der Waals surface area contributed by atoms with Gasteiger partial charge in [-0.25, -0.2) is 0 Å². The van der Waals surface area contributed by atoms with Crippen molar-refractivity contribution in [3.63, 3.8) is 0 Å². The SMILES string of the molecule is [Cl-].[Cl-].[Zr+2][c]1cccc2c1[pH]c1ccccc12. The summed E-state index contributed by atoms with van der Waals surface area (Å²) in [6, 6.07) is 15.4. The van der Waals surface area contributed by atoms with Crippen LogP contribution < -0.4 is 28.1 Å². The summed E-state index contributed by atoms with van der Waals surface area (Å²) >= 11 is 1.53. The topological polar surface area (TPSA) is 0 Å². The summed E-state index contributed by atoms with van der Waals surface area (Å²) < 4.78 is 1.52. The Morgan fingerprint density at radius 2 is 1.50 bits per heavy atom. The Balaban J connectivity index is 0.000000640. The van der Waals surface area contributed by atoms with Gasteiger partial charge in [0.15, 0.2) is 0 Å². The second kappa shape index (κ2) is 5.70. The van der Waals surface area contributed by atoms with Crippen LogP contribution in [-0.2, 0) is 24.7 Å². The van der Waals surface area contributed by atoms with E-state index in [1.807, 2.05) is 0 Å². The molecule has 0 nitrogen and oxygen atoms in total. The number of hydrogen-bond donors (Lipinski definition) is 0. The quantitative estimate of drug-likeness (QED) is 0.413. The fourth-order valence-electron chi connectivity index (χ4n) is 1.87. The van der Waals surface area contributed by atoms with Crippen molar-refractivity contribution in [3.05, 3.63) is 42.5 Å². The summed E-state index contributed by atoms with van der Waals surface area (Å²) in [6.45, 7) is 0. The molecule has 0 N–H and O–H groups in total. The third-order valence-electron chi connectivity index (χ3n) is 2.54. The van der Waals surface area contributed by atoms with Gasteiger partial charge in [-0.3, -0.25) is 0 Å². The van der Waals surface area contributed by atoms with E-state index in [9.17, 15) is 0 Å². The average molecular weight is 345 g/mol. The van der Waals surface area contributed by atoms with Gasteiger partial charge in [0.1, 0.15) is 0 Å². The van der Waals surface area contributed by atoms with Crippen molar-refractivity contribution in [1.29, 1.82) is 0 Å². The second-order valence-electron chi connectivity index (χ2n) is 3.40. The molecule has 0 saturated carbocycles. The third kappa shape index (κ3) is 2.25. The molecule has 0 saturated heterocycles. The molecule has 1 unspecified atom stereocenters. The van der Waals surface area contributed by atoms with Crippen LogP contribution in [0.4, 0.5) is 0 Å². The van der Waals surface area contributed by atoms with Crippen LogP contribution in [0.2, 0.25) is 0 Å². The Hall–Kier alpha value is 0.203. The summed E-state index contributed by atoms with van der Waals surface area (Å²) in [5, 5.41) is 6.00. The van der Waals surface area contributed by atoms with E-state index in [4.69, 9.17) is 0 Å². The molecule has 3 rings (SSSR count). The fraction of sp³-hybridized carbons (Fsp3) is 0. The number of hydrogen-bond acceptors (Lipinski definition) is 0. The molecule has 0 radical (unpaired) electrons. The summed E-state index contributed by atoms with van der Waals surface area (Å²) in [5.41, 5.74) is 0. The van der Waals surface area contributed by atoms with E-state index in [1.54, 1.807) is 5.12 Å². The second-order valence-corrected chi connectivity index (χ2v) is 6.01. The van der Waals surface area contributed by atoms with Gasteiger partial charge < -0.3 is 24.8 Å². The molecule has 0 aliphatic heterocycles. The fourth-order valence-corrected chi connectivity index (χ4v) is 4.27.